The summed E-state index contributed by atoms with van der Waals surface area (Å²) in [5, 5.41) is 6.78. The first-order valence-corrected chi connectivity index (χ1v) is 9.03. The Balaban J connectivity index is 1.90. The summed E-state index contributed by atoms with van der Waals surface area (Å²) in [6.07, 6.45) is 3.18. The lowest BCUT2D eigenvalue weighted by Gasteiger charge is -2.33. The Morgan fingerprint density at radius 1 is 1.26 bits per heavy atom. The molecule has 1 aromatic heterocycles. The number of carbonyl (C=O) groups is 1. The van der Waals surface area contributed by atoms with E-state index < -0.39 is 16.1 Å². The van der Waals surface area contributed by atoms with Crippen molar-refractivity contribution in [3.8, 4) is 0 Å². The van der Waals surface area contributed by atoms with Gasteiger partial charge in [-0.15, -0.1) is 0 Å². The van der Waals surface area contributed by atoms with Gasteiger partial charge in [0.25, 0.3) is 0 Å². The number of hydrogen-bond donors (Lipinski definition) is 1. The molecule has 8 heteroatoms. The Morgan fingerprint density at radius 3 is 2.57 bits per heavy atom. The Bertz CT molecular complexity index is 844. The number of rotatable bonds is 3. The average Bonchev–Trinajstić information content (AvgIpc) is 2.90. The summed E-state index contributed by atoms with van der Waals surface area (Å²) in [4.78, 5) is 12.6. The minimum atomic E-state index is -3.50. The first-order valence-electron chi connectivity index (χ1n) is 7.19. The van der Waals surface area contributed by atoms with Gasteiger partial charge in [-0.25, -0.2) is 8.42 Å². The fraction of sp³-hybridized carbons (Fsp3) is 0.333. The highest BCUT2D eigenvalue weighted by molar-refractivity contribution is 7.88. The number of sulfonamides is 1. The molecule has 0 radical (unpaired) electrons. The molecule has 0 aliphatic carbocycles. The molecule has 0 unspecified atom stereocenters. The second-order valence-corrected chi connectivity index (χ2v) is 7.60. The molecule has 0 bridgehead atoms. The molecule has 122 valence electrons. The van der Waals surface area contributed by atoms with Gasteiger partial charge in [-0.1, -0.05) is 24.3 Å². The Morgan fingerprint density at radius 2 is 1.96 bits per heavy atom. The Hall–Kier alpha value is -2.19. The molecule has 3 rings (SSSR count). The number of nitrogens with one attached hydrogen (secondary N) is 1. The molecular formula is C15H18N4O3S. The maximum atomic E-state index is 12.6. The number of hydrogen-bond acceptors (Lipinski definition) is 4. The molecule has 7 nitrogen and oxygen atoms in total. The van der Waals surface area contributed by atoms with E-state index in [0.717, 1.165) is 17.4 Å². The highest BCUT2D eigenvalue weighted by atomic mass is 32.2. The van der Waals surface area contributed by atoms with Gasteiger partial charge in [0.2, 0.25) is 15.9 Å². The van der Waals surface area contributed by atoms with E-state index in [2.05, 4.69) is 10.4 Å². The molecule has 2 heterocycles. The van der Waals surface area contributed by atoms with Crippen molar-refractivity contribution in [2.75, 3.05) is 11.6 Å². The molecule has 1 N–H and O–H groups in total. The zero-order valence-corrected chi connectivity index (χ0v) is 13.7. The van der Waals surface area contributed by atoms with Gasteiger partial charge in [0.1, 0.15) is 6.04 Å². The first kappa shape index (κ1) is 15.7. The maximum Gasteiger partial charge on any atom is 0.244 e. The van der Waals surface area contributed by atoms with Crippen LogP contribution < -0.4 is 5.32 Å². The Kier molecular flexibility index (Phi) is 3.95. The number of benzene rings is 1. The summed E-state index contributed by atoms with van der Waals surface area (Å²) >= 11 is 0. The van der Waals surface area contributed by atoms with E-state index in [1.54, 1.807) is 24.0 Å². The highest BCUT2D eigenvalue weighted by Crippen LogP contribution is 2.26. The lowest BCUT2D eigenvalue weighted by atomic mass is 9.95. The topological polar surface area (TPSA) is 84.3 Å². The van der Waals surface area contributed by atoms with Crippen molar-refractivity contribution in [3.63, 3.8) is 0 Å². The molecule has 1 aliphatic rings. The van der Waals surface area contributed by atoms with Crippen LogP contribution in [-0.4, -0.2) is 40.7 Å². The number of carbonyl (C=O) groups excluding carboxylic acids is 1. The average molecular weight is 334 g/mol. The van der Waals surface area contributed by atoms with Gasteiger partial charge in [-0.2, -0.15) is 9.40 Å². The standard InChI is InChI=1S/C15H18N4O3S/c1-18-8-7-14(17-18)16-15(20)13-9-11-5-3-4-6-12(11)10-19(13)23(2,21)22/h3-8,13H,9-10H2,1-2H3,(H,16,17,20)/t13-/m0/s1. The third-order valence-electron chi connectivity index (χ3n) is 3.90. The van der Waals surface area contributed by atoms with E-state index in [9.17, 15) is 13.2 Å². The third kappa shape index (κ3) is 3.27. The van der Waals surface area contributed by atoms with E-state index in [1.807, 2.05) is 24.3 Å². The van der Waals surface area contributed by atoms with Crippen LogP contribution in [0.2, 0.25) is 0 Å². The quantitative estimate of drug-likeness (QED) is 0.897. The summed E-state index contributed by atoms with van der Waals surface area (Å²) in [6.45, 7) is 0.204. The summed E-state index contributed by atoms with van der Waals surface area (Å²) in [7, 11) is -1.76. The van der Waals surface area contributed by atoms with Crippen molar-refractivity contribution >= 4 is 21.7 Å². The predicted molar refractivity (Wildman–Crippen MR) is 86.2 cm³/mol. The molecule has 0 saturated carbocycles. The van der Waals surface area contributed by atoms with Gasteiger partial charge in [0.05, 0.1) is 6.26 Å². The van der Waals surface area contributed by atoms with Gasteiger partial charge in [-0.05, 0) is 17.5 Å². The molecule has 1 atom stereocenters. The van der Waals surface area contributed by atoms with Gasteiger partial charge in [0, 0.05) is 25.9 Å². The van der Waals surface area contributed by atoms with Crippen LogP contribution in [0.3, 0.4) is 0 Å². The SMILES string of the molecule is Cn1ccc(NC(=O)[C@@H]2Cc3ccccc3CN2S(C)(=O)=O)n1. The van der Waals surface area contributed by atoms with E-state index in [0.29, 0.717) is 12.2 Å². The summed E-state index contributed by atoms with van der Waals surface area (Å²) < 4.78 is 27.0. The minimum Gasteiger partial charge on any atom is -0.308 e. The number of nitrogens with zero attached hydrogens (tertiary/aromatic N) is 3. The van der Waals surface area contributed by atoms with Crippen molar-refractivity contribution in [3.05, 3.63) is 47.7 Å². The molecule has 0 saturated heterocycles. The molecule has 0 fully saturated rings. The largest absolute Gasteiger partial charge is 0.308 e. The van der Waals surface area contributed by atoms with E-state index in [1.165, 1.54) is 4.31 Å². The van der Waals surface area contributed by atoms with Crippen molar-refractivity contribution < 1.29 is 13.2 Å². The van der Waals surface area contributed by atoms with Crippen LogP contribution in [0.25, 0.3) is 0 Å². The molecule has 2 aromatic rings. The fourth-order valence-electron chi connectivity index (χ4n) is 2.76. The van der Waals surface area contributed by atoms with E-state index in [-0.39, 0.29) is 12.5 Å². The first-order chi connectivity index (χ1) is 10.8. The molecule has 1 aromatic carbocycles. The van der Waals surface area contributed by atoms with Gasteiger partial charge in [0.15, 0.2) is 5.82 Å². The van der Waals surface area contributed by atoms with Crippen LogP contribution in [0.15, 0.2) is 36.5 Å². The van der Waals surface area contributed by atoms with Crippen LogP contribution in [0, 0.1) is 0 Å². The van der Waals surface area contributed by atoms with E-state index in [4.69, 9.17) is 0 Å². The smallest absolute Gasteiger partial charge is 0.244 e. The second-order valence-electron chi connectivity index (χ2n) is 5.66. The fourth-order valence-corrected chi connectivity index (χ4v) is 3.77. The van der Waals surface area contributed by atoms with Gasteiger partial charge < -0.3 is 5.32 Å². The maximum absolute atomic E-state index is 12.6. The summed E-state index contributed by atoms with van der Waals surface area (Å²) in [6, 6.07) is 8.47. The molecule has 1 aliphatic heterocycles. The number of amides is 1. The molecule has 23 heavy (non-hydrogen) atoms. The summed E-state index contributed by atoms with van der Waals surface area (Å²) in [5.41, 5.74) is 1.92. The van der Waals surface area contributed by atoms with Crippen LogP contribution >= 0.6 is 0 Å². The molecular weight excluding hydrogens is 316 g/mol. The number of anilines is 1. The predicted octanol–water partition coefficient (Wildman–Crippen LogP) is 0.745. The minimum absolute atomic E-state index is 0.204. The Labute approximate surface area is 135 Å². The zero-order chi connectivity index (χ0) is 16.6. The van der Waals surface area contributed by atoms with Crippen molar-refractivity contribution in [1.29, 1.82) is 0 Å². The van der Waals surface area contributed by atoms with Gasteiger partial charge in [-0.3, -0.25) is 9.48 Å². The lowest BCUT2D eigenvalue weighted by Crippen LogP contribution is -2.50. The zero-order valence-electron chi connectivity index (χ0n) is 12.9. The second kappa shape index (κ2) is 5.78. The lowest BCUT2D eigenvalue weighted by molar-refractivity contribution is -0.120. The molecule has 0 spiro atoms. The van der Waals surface area contributed by atoms with Crippen molar-refractivity contribution in [2.24, 2.45) is 7.05 Å². The van der Waals surface area contributed by atoms with E-state index >= 15 is 0 Å². The van der Waals surface area contributed by atoms with Crippen LogP contribution in [0.1, 0.15) is 11.1 Å². The van der Waals surface area contributed by atoms with Crippen LogP contribution in [-0.2, 0) is 34.8 Å². The number of aryl methyl sites for hydroxylation is 1. The summed E-state index contributed by atoms with van der Waals surface area (Å²) in [5.74, 6) is 0.0356. The third-order valence-corrected chi connectivity index (χ3v) is 5.13. The van der Waals surface area contributed by atoms with Crippen LogP contribution in [0.4, 0.5) is 5.82 Å². The number of fused-ring (bicyclic) bond motifs is 1. The normalized spacial score (nSPS) is 18.4. The van der Waals surface area contributed by atoms with Crippen molar-refractivity contribution in [2.45, 2.75) is 19.0 Å². The molecule has 1 amide bonds. The monoisotopic (exact) mass is 334 g/mol. The number of aromatic nitrogens is 2. The van der Waals surface area contributed by atoms with Gasteiger partial charge >= 0.3 is 0 Å². The highest BCUT2D eigenvalue weighted by Gasteiger charge is 2.36. The van der Waals surface area contributed by atoms with Crippen molar-refractivity contribution in [1.82, 2.24) is 14.1 Å². The van der Waals surface area contributed by atoms with Crippen LogP contribution in [0.5, 0.6) is 0 Å².